The van der Waals surface area contributed by atoms with Crippen molar-refractivity contribution in [1.29, 1.82) is 0 Å². The van der Waals surface area contributed by atoms with E-state index in [1.165, 1.54) is 0 Å². The third-order valence-electron chi connectivity index (χ3n) is 3.03. The summed E-state index contributed by atoms with van der Waals surface area (Å²) in [5.74, 6) is -0.540. The number of hydrogen-bond acceptors (Lipinski definition) is 1. The molecule has 1 aliphatic rings. The zero-order valence-corrected chi connectivity index (χ0v) is 11.1. The van der Waals surface area contributed by atoms with E-state index in [4.69, 9.17) is 0 Å². The maximum atomic E-state index is 12.8. The minimum atomic E-state index is -4.46. The summed E-state index contributed by atoms with van der Waals surface area (Å²) < 4.78 is 38.5. The summed E-state index contributed by atoms with van der Waals surface area (Å²) in [4.78, 5) is 1.98. The van der Waals surface area contributed by atoms with Crippen molar-refractivity contribution in [2.75, 3.05) is 4.93 Å². The number of halogens is 4. The fraction of sp³-hybridized carbons (Fsp3) is 1.00. The predicted molar refractivity (Wildman–Crippen MR) is 48.3 cm³/mol. The van der Waals surface area contributed by atoms with Gasteiger partial charge < -0.3 is 0 Å². The average molecular weight is 337 g/mol. The van der Waals surface area contributed by atoms with E-state index in [2.05, 4.69) is 0 Å². The summed E-state index contributed by atoms with van der Waals surface area (Å²) >= 11 is -0.231. The second kappa shape index (κ2) is 4.77. The van der Waals surface area contributed by atoms with Crippen LogP contribution in [-0.4, -0.2) is 25.7 Å². The Balaban J connectivity index is 2.73. The summed E-state index contributed by atoms with van der Waals surface area (Å²) in [5.41, 5.74) is -2.40. The van der Waals surface area contributed by atoms with Gasteiger partial charge >= 0.3 is 98.6 Å². The van der Waals surface area contributed by atoms with E-state index in [9.17, 15) is 18.3 Å². The molecule has 92 valence electrons. The van der Waals surface area contributed by atoms with Gasteiger partial charge in [0.2, 0.25) is 0 Å². The molecule has 0 aliphatic heterocycles. The second-order valence-corrected chi connectivity index (χ2v) is 7.13. The normalized spacial score (nSPS) is 23.9. The van der Waals surface area contributed by atoms with Gasteiger partial charge in [0.25, 0.3) is 0 Å². The first-order chi connectivity index (χ1) is 6.85. The second-order valence-electron chi connectivity index (χ2n) is 4.12. The van der Waals surface area contributed by atoms with Crippen LogP contribution < -0.4 is 21.2 Å². The van der Waals surface area contributed by atoms with Gasteiger partial charge in [0.05, 0.1) is 0 Å². The summed E-state index contributed by atoms with van der Waals surface area (Å²) in [6, 6.07) is 0. The molecule has 1 nitrogen and oxygen atoms in total. The molecule has 1 saturated carbocycles. The van der Waals surface area contributed by atoms with Crippen LogP contribution in [0, 0.1) is 5.92 Å². The molecule has 0 radical (unpaired) electrons. The van der Waals surface area contributed by atoms with Crippen molar-refractivity contribution >= 4 is 0 Å². The fourth-order valence-electron chi connectivity index (χ4n) is 1.79. The van der Waals surface area contributed by atoms with E-state index < -0.39 is 17.7 Å². The van der Waals surface area contributed by atoms with Gasteiger partial charge in [-0.1, -0.05) is 0 Å². The predicted octanol–water partition coefficient (Wildman–Crippen LogP) is -0.423. The van der Waals surface area contributed by atoms with E-state index in [1.807, 2.05) is 11.9 Å². The molecule has 1 unspecified atom stereocenters. The van der Waals surface area contributed by atoms with Gasteiger partial charge in [-0.2, -0.15) is 0 Å². The molecule has 0 aromatic rings. The van der Waals surface area contributed by atoms with Crippen molar-refractivity contribution in [3.05, 3.63) is 0 Å². The van der Waals surface area contributed by atoms with Gasteiger partial charge in [0, 0.05) is 0 Å². The molecule has 0 amide bonds. The van der Waals surface area contributed by atoms with Crippen LogP contribution in [0.3, 0.4) is 0 Å². The molecule has 1 rings (SSSR count). The zero-order valence-electron chi connectivity index (χ0n) is 8.94. The topological polar surface area (TPSA) is 20.2 Å². The Bertz CT molecular complexity index is 211. The van der Waals surface area contributed by atoms with Crippen LogP contribution in [0.5, 0.6) is 0 Å². The summed E-state index contributed by atoms with van der Waals surface area (Å²) in [6.07, 6.45) is -2.75. The first-order valence-electron chi connectivity index (χ1n) is 5.12. The quantitative estimate of drug-likeness (QED) is 0.534. The van der Waals surface area contributed by atoms with Crippen molar-refractivity contribution in [1.82, 2.24) is 0 Å². The van der Waals surface area contributed by atoms with Gasteiger partial charge in [-0.05, 0) is 0 Å². The molecule has 5 heteroatoms. The summed E-state index contributed by atoms with van der Waals surface area (Å²) in [7, 11) is 0. The molecule has 15 heavy (non-hydrogen) atoms. The number of alkyl halides is 5. The van der Waals surface area contributed by atoms with Crippen LogP contribution in [0.25, 0.3) is 0 Å². The molecular weight excluding hydrogens is 320 g/mol. The first-order valence-corrected chi connectivity index (χ1v) is 8.52. The number of rotatable bonds is 5. The van der Waals surface area contributed by atoms with Crippen LogP contribution >= 0.6 is 0 Å². The van der Waals surface area contributed by atoms with E-state index in [-0.39, 0.29) is 31.6 Å². The molecule has 1 aliphatic carbocycles. The third-order valence-corrected chi connectivity index (χ3v) is 6.11. The van der Waals surface area contributed by atoms with Crippen LogP contribution in [-0.2, 0) is 0 Å². The van der Waals surface area contributed by atoms with E-state index in [0.717, 1.165) is 6.42 Å². The van der Waals surface area contributed by atoms with E-state index in [0.29, 0.717) is 12.8 Å². The Labute approximate surface area is 98.7 Å². The molecule has 0 spiro atoms. The molecule has 0 heterocycles. The van der Waals surface area contributed by atoms with Gasteiger partial charge in [-0.25, -0.2) is 0 Å². The molecule has 1 N–H and O–H groups in total. The number of aliphatic hydroxyl groups is 1. The number of hydrogen-bond donors (Lipinski definition) is 1. The molecule has 0 bridgehead atoms. The van der Waals surface area contributed by atoms with E-state index >= 15 is 0 Å². The first kappa shape index (κ1) is 13.5. The summed E-state index contributed by atoms with van der Waals surface area (Å²) in [5, 5.41) is 9.81. The van der Waals surface area contributed by atoms with Crippen molar-refractivity contribution in [2.45, 2.75) is 48.3 Å². The molecule has 0 aromatic carbocycles. The zero-order chi connectivity index (χ0) is 11.7. The monoisotopic (exact) mass is 337 g/mol. The van der Waals surface area contributed by atoms with Gasteiger partial charge in [0.15, 0.2) is 0 Å². The van der Waals surface area contributed by atoms with Crippen molar-refractivity contribution in [3.8, 4) is 0 Å². The van der Waals surface area contributed by atoms with Crippen LogP contribution in [0.2, 0.25) is 0 Å². The Morgan fingerprint density at radius 1 is 1.40 bits per heavy atom. The van der Waals surface area contributed by atoms with Crippen molar-refractivity contribution in [3.63, 3.8) is 0 Å². The third kappa shape index (κ3) is 2.99. The van der Waals surface area contributed by atoms with E-state index in [1.54, 1.807) is 0 Å². The minimum absolute atomic E-state index is 0.0797. The molecule has 2 atom stereocenters. The molecule has 1 fully saturated rings. The Morgan fingerprint density at radius 3 is 2.20 bits per heavy atom. The van der Waals surface area contributed by atoms with Crippen molar-refractivity contribution in [2.24, 2.45) is 5.92 Å². The Morgan fingerprint density at radius 2 is 1.93 bits per heavy atom. The van der Waals surface area contributed by atoms with Crippen LogP contribution in [0.15, 0.2) is 0 Å². The SMILES string of the molecule is CC[C@@H](CC(O)(C1CC1)C(F)(F)F)[I-]C. The summed E-state index contributed by atoms with van der Waals surface area (Å²) in [6.45, 7) is 1.90. The van der Waals surface area contributed by atoms with Gasteiger partial charge in [-0.15, -0.1) is 0 Å². The van der Waals surface area contributed by atoms with Crippen LogP contribution in [0.1, 0.15) is 32.6 Å². The van der Waals surface area contributed by atoms with Gasteiger partial charge in [0.1, 0.15) is 0 Å². The van der Waals surface area contributed by atoms with Crippen LogP contribution in [0.4, 0.5) is 13.2 Å². The maximum absolute atomic E-state index is 12.8. The molecule has 0 aromatic heterocycles. The average Bonchev–Trinajstić information content (AvgIpc) is 2.95. The Hall–Kier alpha value is 0.480. The molecular formula is C10H17F3IO-. The van der Waals surface area contributed by atoms with Crippen molar-refractivity contribution < 1.29 is 39.5 Å². The molecule has 0 saturated heterocycles. The standard InChI is InChI=1S/C10H17F3IO/c1-3-8(14-2)6-9(15,7-4-5-7)10(11,12)13/h7-8,15H,3-6H2,1-2H3/q-1/t8-,9?/m0/s1. The Kier molecular flexibility index (Phi) is 4.31. The fourth-order valence-corrected chi connectivity index (χ4v) is 3.78. The van der Waals surface area contributed by atoms with Gasteiger partial charge in [-0.3, -0.25) is 0 Å².